The molecule has 1 heterocycles. The van der Waals surface area contributed by atoms with Crippen LogP contribution in [0, 0.1) is 0 Å². The minimum atomic E-state index is -4.45. The van der Waals surface area contributed by atoms with Gasteiger partial charge in [-0.1, -0.05) is 18.2 Å². The second kappa shape index (κ2) is 9.27. The second-order valence-corrected chi connectivity index (χ2v) is 8.63. The number of carbonyl (C=O) groups is 2. The summed E-state index contributed by atoms with van der Waals surface area (Å²) < 4.78 is 50.2. The Bertz CT molecular complexity index is 747. The first-order valence-corrected chi connectivity index (χ1v) is 10.2. The summed E-state index contributed by atoms with van der Waals surface area (Å²) in [5, 5.41) is 0. The molecule has 168 valence electrons. The molecule has 30 heavy (non-hydrogen) atoms. The fourth-order valence-electron chi connectivity index (χ4n) is 3.73. The molecule has 0 aliphatic carbocycles. The van der Waals surface area contributed by atoms with Crippen LogP contribution in [0.2, 0.25) is 0 Å². The molecule has 5 nitrogen and oxygen atoms in total. The van der Waals surface area contributed by atoms with Gasteiger partial charge in [0.05, 0.1) is 12.2 Å². The zero-order valence-corrected chi connectivity index (χ0v) is 18.0. The van der Waals surface area contributed by atoms with Gasteiger partial charge in [0, 0.05) is 19.5 Å². The maximum Gasteiger partial charge on any atom is 0.416 e. The average molecular weight is 429 g/mol. The van der Waals surface area contributed by atoms with Crippen molar-refractivity contribution in [1.82, 2.24) is 4.90 Å². The van der Waals surface area contributed by atoms with Crippen molar-refractivity contribution >= 4 is 12.1 Å². The molecular formula is C22H30F3NO4. The number of hydrogen-bond acceptors (Lipinski definition) is 4. The van der Waals surface area contributed by atoms with Crippen molar-refractivity contribution in [1.29, 1.82) is 0 Å². The topological polar surface area (TPSA) is 55.8 Å². The summed E-state index contributed by atoms with van der Waals surface area (Å²) in [6, 6.07) is 5.26. The summed E-state index contributed by atoms with van der Waals surface area (Å²) in [5.74, 6) is -0.376. The minimum absolute atomic E-state index is 0.108. The number of esters is 1. The molecule has 0 N–H and O–H groups in total. The molecule has 0 radical (unpaired) electrons. The minimum Gasteiger partial charge on any atom is -0.466 e. The van der Waals surface area contributed by atoms with Gasteiger partial charge in [-0.3, -0.25) is 4.79 Å². The van der Waals surface area contributed by atoms with Gasteiger partial charge in [-0.15, -0.1) is 0 Å². The lowest BCUT2D eigenvalue weighted by molar-refractivity contribution is -0.143. The van der Waals surface area contributed by atoms with Crippen LogP contribution in [0.3, 0.4) is 0 Å². The van der Waals surface area contributed by atoms with Crippen LogP contribution in [-0.2, 0) is 25.9 Å². The average Bonchev–Trinajstić information content (AvgIpc) is 2.65. The predicted molar refractivity (Wildman–Crippen MR) is 106 cm³/mol. The summed E-state index contributed by atoms with van der Waals surface area (Å²) in [7, 11) is 0. The molecule has 0 aromatic heterocycles. The Kier molecular flexibility index (Phi) is 7.42. The summed E-state index contributed by atoms with van der Waals surface area (Å²) in [5.41, 5.74) is -1.46. The molecule has 1 saturated heterocycles. The van der Waals surface area contributed by atoms with E-state index in [4.69, 9.17) is 9.47 Å². The summed E-state index contributed by atoms with van der Waals surface area (Å²) >= 11 is 0. The third-order valence-corrected chi connectivity index (χ3v) is 5.29. The van der Waals surface area contributed by atoms with E-state index in [9.17, 15) is 22.8 Å². The number of piperidine rings is 1. The highest BCUT2D eigenvalue weighted by molar-refractivity contribution is 5.70. The molecule has 1 aliphatic rings. The molecule has 1 aromatic carbocycles. The van der Waals surface area contributed by atoms with Gasteiger partial charge >= 0.3 is 18.2 Å². The molecule has 1 aromatic rings. The molecule has 0 atom stereocenters. The van der Waals surface area contributed by atoms with E-state index in [-0.39, 0.29) is 19.0 Å². The summed E-state index contributed by atoms with van der Waals surface area (Å²) in [6.07, 6.45) is -3.55. The van der Waals surface area contributed by atoms with Gasteiger partial charge in [0.25, 0.3) is 0 Å². The van der Waals surface area contributed by atoms with E-state index < -0.39 is 28.8 Å². The number of hydrogen-bond donors (Lipinski definition) is 0. The van der Waals surface area contributed by atoms with Crippen molar-refractivity contribution in [3.63, 3.8) is 0 Å². The molecule has 8 heteroatoms. The van der Waals surface area contributed by atoms with Crippen LogP contribution in [0.25, 0.3) is 0 Å². The number of benzene rings is 1. The third-order valence-electron chi connectivity index (χ3n) is 5.29. The number of alkyl halides is 3. The Morgan fingerprint density at radius 3 is 2.30 bits per heavy atom. The van der Waals surface area contributed by atoms with E-state index in [1.54, 1.807) is 38.7 Å². The molecule has 1 aliphatic heterocycles. The van der Waals surface area contributed by atoms with Crippen LogP contribution < -0.4 is 0 Å². The van der Waals surface area contributed by atoms with E-state index in [1.165, 1.54) is 6.07 Å². The zero-order chi connectivity index (χ0) is 22.6. The monoisotopic (exact) mass is 429 g/mol. The van der Waals surface area contributed by atoms with Gasteiger partial charge in [0.1, 0.15) is 5.60 Å². The highest BCUT2D eigenvalue weighted by Gasteiger charge is 2.40. The molecule has 0 saturated carbocycles. The van der Waals surface area contributed by atoms with Crippen molar-refractivity contribution < 1.29 is 32.2 Å². The van der Waals surface area contributed by atoms with E-state index in [0.29, 0.717) is 37.9 Å². The van der Waals surface area contributed by atoms with E-state index in [0.717, 1.165) is 12.1 Å². The first kappa shape index (κ1) is 24.0. The Morgan fingerprint density at radius 1 is 1.13 bits per heavy atom. The molecular weight excluding hydrogens is 399 g/mol. The van der Waals surface area contributed by atoms with E-state index in [2.05, 4.69) is 0 Å². The number of nitrogens with zero attached hydrogens (tertiary/aromatic N) is 1. The van der Waals surface area contributed by atoms with E-state index >= 15 is 0 Å². The summed E-state index contributed by atoms with van der Waals surface area (Å²) in [4.78, 5) is 25.9. The predicted octanol–water partition coefficient (Wildman–Crippen LogP) is 5.32. The van der Waals surface area contributed by atoms with Crippen molar-refractivity contribution in [3.8, 4) is 0 Å². The highest BCUT2D eigenvalue weighted by Crippen LogP contribution is 2.42. The van der Waals surface area contributed by atoms with Gasteiger partial charge in [-0.25, -0.2) is 4.79 Å². The maximum atomic E-state index is 13.3. The van der Waals surface area contributed by atoms with Crippen molar-refractivity contribution in [2.45, 2.75) is 70.6 Å². The van der Waals surface area contributed by atoms with Crippen molar-refractivity contribution in [2.75, 3.05) is 19.7 Å². The standard InChI is InChI=1S/C22H30F3NO4/c1-5-29-18(27)9-10-21(16-7-6-8-17(15-16)22(23,24)25)11-13-26(14-12-21)19(28)30-20(2,3)4/h6-8,15H,5,9-14H2,1-4H3. The lowest BCUT2D eigenvalue weighted by Gasteiger charge is -2.42. The van der Waals surface area contributed by atoms with Gasteiger partial charge < -0.3 is 14.4 Å². The van der Waals surface area contributed by atoms with Crippen molar-refractivity contribution in [3.05, 3.63) is 35.4 Å². The number of likely N-dealkylation sites (tertiary alicyclic amines) is 1. The van der Waals surface area contributed by atoms with Crippen LogP contribution in [-0.4, -0.2) is 42.3 Å². The highest BCUT2D eigenvalue weighted by atomic mass is 19.4. The number of rotatable bonds is 5. The first-order chi connectivity index (χ1) is 13.9. The maximum absolute atomic E-state index is 13.3. The third kappa shape index (κ3) is 6.37. The molecule has 0 spiro atoms. The molecule has 2 rings (SSSR count). The number of amides is 1. The van der Waals surface area contributed by atoms with Gasteiger partial charge in [-0.05, 0) is 64.0 Å². The second-order valence-electron chi connectivity index (χ2n) is 8.63. The molecule has 0 bridgehead atoms. The molecule has 0 unspecified atom stereocenters. The Balaban J connectivity index is 2.25. The number of carbonyl (C=O) groups excluding carboxylic acids is 2. The van der Waals surface area contributed by atoms with Crippen LogP contribution >= 0.6 is 0 Å². The zero-order valence-electron chi connectivity index (χ0n) is 18.0. The lowest BCUT2D eigenvalue weighted by Crippen LogP contribution is -2.47. The SMILES string of the molecule is CCOC(=O)CCC1(c2cccc(C(F)(F)F)c2)CCN(C(=O)OC(C)(C)C)CC1. The van der Waals surface area contributed by atoms with Crippen LogP contribution in [0.15, 0.2) is 24.3 Å². The lowest BCUT2D eigenvalue weighted by atomic mass is 9.69. The summed E-state index contributed by atoms with van der Waals surface area (Å²) in [6.45, 7) is 7.98. The Morgan fingerprint density at radius 2 is 1.77 bits per heavy atom. The quantitative estimate of drug-likeness (QED) is 0.595. The fraction of sp³-hybridized carbons (Fsp3) is 0.636. The fourth-order valence-corrected chi connectivity index (χ4v) is 3.73. The largest absolute Gasteiger partial charge is 0.466 e. The van der Waals surface area contributed by atoms with Gasteiger partial charge in [-0.2, -0.15) is 13.2 Å². The Hall–Kier alpha value is -2.25. The van der Waals surface area contributed by atoms with Crippen LogP contribution in [0.4, 0.5) is 18.0 Å². The van der Waals surface area contributed by atoms with Crippen LogP contribution in [0.1, 0.15) is 64.5 Å². The number of halogens is 3. The van der Waals surface area contributed by atoms with Gasteiger partial charge in [0.2, 0.25) is 0 Å². The van der Waals surface area contributed by atoms with Crippen molar-refractivity contribution in [2.24, 2.45) is 0 Å². The number of ether oxygens (including phenoxy) is 2. The van der Waals surface area contributed by atoms with Gasteiger partial charge in [0.15, 0.2) is 0 Å². The van der Waals surface area contributed by atoms with Crippen LogP contribution in [0.5, 0.6) is 0 Å². The molecule has 1 fully saturated rings. The molecule has 1 amide bonds. The normalized spacial score (nSPS) is 16.8. The Labute approximate surface area is 175 Å². The first-order valence-electron chi connectivity index (χ1n) is 10.2. The smallest absolute Gasteiger partial charge is 0.416 e. The van der Waals surface area contributed by atoms with E-state index in [1.807, 2.05) is 0 Å².